The predicted molar refractivity (Wildman–Crippen MR) is 45.7 cm³/mol. The summed E-state index contributed by atoms with van der Waals surface area (Å²) in [6, 6.07) is 0. The number of hydrogen-bond acceptors (Lipinski definition) is 2. The predicted octanol–water partition coefficient (Wildman–Crippen LogP) is 1.14. The lowest BCUT2D eigenvalue weighted by Crippen LogP contribution is -2.36. The Morgan fingerprint density at radius 1 is 1.10 bits per heavy atom. The van der Waals surface area contributed by atoms with E-state index in [1.54, 1.807) is 0 Å². The van der Waals surface area contributed by atoms with Gasteiger partial charge in [-0.25, -0.2) is 10.0 Å². The van der Waals surface area contributed by atoms with Gasteiger partial charge in [0.15, 0.2) is 0 Å². The molecule has 0 spiro atoms. The van der Waals surface area contributed by atoms with Gasteiger partial charge in [0.25, 0.3) is 0 Å². The maximum absolute atomic E-state index is 3.66. The topological polar surface area (TPSA) is 6.48 Å². The Morgan fingerprint density at radius 3 is 1.70 bits per heavy atom. The molecule has 0 aliphatic heterocycles. The molecule has 0 heterocycles. The second kappa shape index (κ2) is 5.21. The Kier molecular flexibility index (Phi) is 4.89. The van der Waals surface area contributed by atoms with Crippen molar-refractivity contribution in [3.63, 3.8) is 0 Å². The molecular formula is C8H16N2. The molecule has 0 saturated carbocycles. The van der Waals surface area contributed by atoms with E-state index in [0.29, 0.717) is 0 Å². The van der Waals surface area contributed by atoms with E-state index in [4.69, 9.17) is 0 Å². The number of nitrogens with zero attached hydrogens (tertiary/aromatic N) is 2. The second-order valence-corrected chi connectivity index (χ2v) is 2.30. The van der Waals surface area contributed by atoms with Crippen molar-refractivity contribution in [2.24, 2.45) is 0 Å². The zero-order chi connectivity index (χ0) is 7.98. The first-order chi connectivity index (χ1) is 4.72. The standard InChI is InChI=1S/C8H16N2/c1-5-7-10(8-6-2)9(3)4/h5-6H,1-2,7-8H2,3-4H3. The average Bonchev–Trinajstić information content (AvgIpc) is 1.87. The van der Waals surface area contributed by atoms with E-state index in [2.05, 4.69) is 18.2 Å². The van der Waals surface area contributed by atoms with Crippen LogP contribution in [0.25, 0.3) is 0 Å². The molecule has 58 valence electrons. The van der Waals surface area contributed by atoms with Crippen LogP contribution in [0.4, 0.5) is 0 Å². The minimum atomic E-state index is 0.874. The molecular weight excluding hydrogens is 124 g/mol. The van der Waals surface area contributed by atoms with Crippen molar-refractivity contribution >= 4 is 0 Å². The fourth-order valence-electron chi connectivity index (χ4n) is 0.699. The van der Waals surface area contributed by atoms with Crippen molar-refractivity contribution in [2.45, 2.75) is 0 Å². The van der Waals surface area contributed by atoms with Crippen molar-refractivity contribution in [1.29, 1.82) is 0 Å². The summed E-state index contributed by atoms with van der Waals surface area (Å²) in [7, 11) is 4.01. The fraction of sp³-hybridized carbons (Fsp3) is 0.500. The van der Waals surface area contributed by atoms with Crippen LogP contribution in [0.15, 0.2) is 25.3 Å². The van der Waals surface area contributed by atoms with E-state index in [1.807, 2.05) is 31.3 Å². The molecule has 2 nitrogen and oxygen atoms in total. The molecule has 0 saturated heterocycles. The molecule has 0 N–H and O–H groups in total. The first-order valence-corrected chi connectivity index (χ1v) is 3.36. The fourth-order valence-corrected chi connectivity index (χ4v) is 0.699. The number of rotatable bonds is 5. The van der Waals surface area contributed by atoms with Gasteiger partial charge in [-0.05, 0) is 0 Å². The maximum atomic E-state index is 3.66. The van der Waals surface area contributed by atoms with Crippen LogP contribution in [0.3, 0.4) is 0 Å². The summed E-state index contributed by atoms with van der Waals surface area (Å²) in [4.78, 5) is 0. The molecule has 0 unspecified atom stereocenters. The smallest absolute Gasteiger partial charge is 0.0314 e. The Morgan fingerprint density at radius 2 is 1.50 bits per heavy atom. The molecule has 0 bridgehead atoms. The molecule has 0 amide bonds. The Labute approximate surface area is 63.4 Å². The van der Waals surface area contributed by atoms with Crippen molar-refractivity contribution in [3.8, 4) is 0 Å². The van der Waals surface area contributed by atoms with Gasteiger partial charge >= 0.3 is 0 Å². The third kappa shape index (κ3) is 3.43. The summed E-state index contributed by atoms with van der Waals surface area (Å²) in [6.07, 6.45) is 3.76. The van der Waals surface area contributed by atoms with Gasteiger partial charge < -0.3 is 0 Å². The number of hydrogen-bond donors (Lipinski definition) is 0. The van der Waals surface area contributed by atoms with Crippen molar-refractivity contribution in [3.05, 3.63) is 25.3 Å². The lowest BCUT2D eigenvalue weighted by Gasteiger charge is -2.25. The summed E-state index contributed by atoms with van der Waals surface area (Å²) in [5, 5.41) is 4.16. The molecule has 0 aromatic carbocycles. The third-order valence-electron chi connectivity index (χ3n) is 1.25. The summed E-state index contributed by atoms with van der Waals surface area (Å²) >= 11 is 0. The minimum Gasteiger partial charge on any atom is -0.247 e. The first kappa shape index (κ1) is 9.40. The molecule has 0 aliphatic carbocycles. The van der Waals surface area contributed by atoms with E-state index in [9.17, 15) is 0 Å². The highest BCUT2D eigenvalue weighted by atomic mass is 15.6. The van der Waals surface area contributed by atoms with Gasteiger partial charge in [0.05, 0.1) is 0 Å². The molecule has 0 atom stereocenters. The summed E-state index contributed by atoms with van der Waals surface area (Å²) in [5.74, 6) is 0. The van der Waals surface area contributed by atoms with Crippen LogP contribution >= 0.6 is 0 Å². The van der Waals surface area contributed by atoms with E-state index in [0.717, 1.165) is 13.1 Å². The molecule has 0 radical (unpaired) electrons. The second-order valence-electron chi connectivity index (χ2n) is 2.30. The van der Waals surface area contributed by atoms with Crippen LogP contribution in [0.2, 0.25) is 0 Å². The SMILES string of the molecule is C=CCN(CC=C)N(C)C. The number of hydrazine groups is 1. The molecule has 2 heteroatoms. The zero-order valence-electron chi connectivity index (χ0n) is 6.88. The Hall–Kier alpha value is -0.600. The van der Waals surface area contributed by atoms with Crippen LogP contribution in [-0.4, -0.2) is 37.2 Å². The highest BCUT2D eigenvalue weighted by Crippen LogP contribution is 1.90. The molecule has 0 aromatic rings. The summed E-state index contributed by atoms with van der Waals surface area (Å²) in [6.45, 7) is 9.07. The molecule has 0 rings (SSSR count). The van der Waals surface area contributed by atoms with Crippen LogP contribution in [0.5, 0.6) is 0 Å². The largest absolute Gasteiger partial charge is 0.247 e. The highest BCUT2D eigenvalue weighted by Gasteiger charge is 2.00. The van der Waals surface area contributed by atoms with Crippen LogP contribution in [0, 0.1) is 0 Å². The van der Waals surface area contributed by atoms with Gasteiger partial charge in [0.2, 0.25) is 0 Å². The van der Waals surface area contributed by atoms with E-state index < -0.39 is 0 Å². The van der Waals surface area contributed by atoms with Crippen molar-refractivity contribution in [1.82, 2.24) is 10.0 Å². The molecule has 0 aliphatic rings. The lowest BCUT2D eigenvalue weighted by atomic mass is 10.5. The van der Waals surface area contributed by atoms with Crippen LogP contribution in [-0.2, 0) is 0 Å². The van der Waals surface area contributed by atoms with Gasteiger partial charge in [0.1, 0.15) is 0 Å². The monoisotopic (exact) mass is 140 g/mol. The van der Waals surface area contributed by atoms with Gasteiger partial charge in [-0.3, -0.25) is 0 Å². The van der Waals surface area contributed by atoms with Crippen molar-refractivity contribution in [2.75, 3.05) is 27.2 Å². The quantitative estimate of drug-likeness (QED) is 0.417. The van der Waals surface area contributed by atoms with E-state index in [-0.39, 0.29) is 0 Å². The van der Waals surface area contributed by atoms with E-state index in [1.165, 1.54) is 0 Å². The molecule has 0 aromatic heterocycles. The zero-order valence-corrected chi connectivity index (χ0v) is 6.88. The Bertz CT molecular complexity index is 97.8. The average molecular weight is 140 g/mol. The normalized spacial score (nSPS) is 10.4. The van der Waals surface area contributed by atoms with Gasteiger partial charge in [-0.15, -0.1) is 13.2 Å². The summed E-state index contributed by atoms with van der Waals surface area (Å²) in [5.41, 5.74) is 0. The van der Waals surface area contributed by atoms with E-state index >= 15 is 0 Å². The van der Waals surface area contributed by atoms with Crippen LogP contribution < -0.4 is 0 Å². The third-order valence-corrected chi connectivity index (χ3v) is 1.25. The van der Waals surface area contributed by atoms with Gasteiger partial charge in [0, 0.05) is 27.2 Å². The van der Waals surface area contributed by atoms with Crippen LogP contribution in [0.1, 0.15) is 0 Å². The lowest BCUT2D eigenvalue weighted by molar-refractivity contribution is 0.0522. The highest BCUT2D eigenvalue weighted by molar-refractivity contribution is 4.77. The molecule has 0 fully saturated rings. The summed E-state index contributed by atoms with van der Waals surface area (Å²) < 4.78 is 0. The van der Waals surface area contributed by atoms with Gasteiger partial charge in [-0.2, -0.15) is 0 Å². The first-order valence-electron chi connectivity index (χ1n) is 3.36. The maximum Gasteiger partial charge on any atom is 0.0314 e. The Balaban J connectivity index is 3.70. The minimum absolute atomic E-state index is 0.874. The van der Waals surface area contributed by atoms with Crippen molar-refractivity contribution < 1.29 is 0 Å². The molecule has 10 heavy (non-hydrogen) atoms. The van der Waals surface area contributed by atoms with Gasteiger partial charge in [-0.1, -0.05) is 12.2 Å².